The van der Waals surface area contributed by atoms with Crippen LogP contribution in [0.5, 0.6) is 0 Å². The van der Waals surface area contributed by atoms with Gasteiger partial charge in [-0.3, -0.25) is 14.6 Å². The summed E-state index contributed by atoms with van der Waals surface area (Å²) < 4.78 is 0. The van der Waals surface area contributed by atoms with E-state index in [9.17, 15) is 9.59 Å². The van der Waals surface area contributed by atoms with E-state index in [-0.39, 0.29) is 18.4 Å². The molecule has 1 aliphatic rings. The van der Waals surface area contributed by atoms with E-state index in [1.807, 2.05) is 60.7 Å². The number of carbonyl (C=O) groups is 2. The maximum atomic E-state index is 13.3. The standard InChI is InChI=1S/C26H27N5O3/c1-34-30-22-17-24(25(32)29-16-15-27-21-7-3-2-4-8-21)31(18-22)26(33)20-12-10-19(11-13-20)23-9-5-6-14-28-23/h2-14,24,27H,15-18H2,1H3,(H,29,32)/t24-/m0/s1. The number of oxime groups is 1. The van der Waals surface area contributed by atoms with Gasteiger partial charge in [-0.2, -0.15) is 0 Å². The van der Waals surface area contributed by atoms with E-state index in [1.165, 1.54) is 7.11 Å². The maximum Gasteiger partial charge on any atom is 0.254 e. The summed E-state index contributed by atoms with van der Waals surface area (Å²) in [5, 5.41) is 10.2. The summed E-state index contributed by atoms with van der Waals surface area (Å²) in [6.07, 6.45) is 2.07. The summed E-state index contributed by atoms with van der Waals surface area (Å²) in [6.45, 7) is 1.25. The molecular weight excluding hydrogens is 430 g/mol. The molecule has 0 radical (unpaired) electrons. The predicted octanol–water partition coefficient (Wildman–Crippen LogP) is 3.19. The number of amides is 2. The molecule has 0 unspecified atom stereocenters. The average Bonchev–Trinajstić information content (AvgIpc) is 3.31. The third kappa shape index (κ3) is 5.58. The molecule has 1 atom stereocenters. The Bertz CT molecular complexity index is 1130. The zero-order valence-corrected chi connectivity index (χ0v) is 19.0. The lowest BCUT2D eigenvalue weighted by molar-refractivity contribution is -0.124. The predicted molar refractivity (Wildman–Crippen MR) is 131 cm³/mol. The first-order valence-electron chi connectivity index (χ1n) is 11.1. The molecule has 2 aromatic carbocycles. The van der Waals surface area contributed by atoms with Crippen LogP contribution in [0.1, 0.15) is 16.8 Å². The summed E-state index contributed by atoms with van der Waals surface area (Å²) in [5.41, 5.74) is 3.89. The molecule has 34 heavy (non-hydrogen) atoms. The van der Waals surface area contributed by atoms with Gasteiger partial charge in [-0.05, 0) is 36.4 Å². The Kier molecular flexibility index (Phi) is 7.49. The number of anilines is 1. The number of nitrogens with zero attached hydrogens (tertiary/aromatic N) is 3. The highest BCUT2D eigenvalue weighted by Crippen LogP contribution is 2.22. The SMILES string of the molecule is CON=C1C[C@@H](C(=O)NCCNc2ccccc2)N(C(=O)c2ccc(-c3ccccn3)cc2)C1. The Balaban J connectivity index is 1.41. The average molecular weight is 458 g/mol. The first-order valence-corrected chi connectivity index (χ1v) is 11.1. The van der Waals surface area contributed by atoms with Crippen molar-refractivity contribution in [2.24, 2.45) is 5.16 Å². The van der Waals surface area contributed by atoms with Gasteiger partial charge in [-0.25, -0.2) is 0 Å². The van der Waals surface area contributed by atoms with E-state index in [0.717, 1.165) is 16.9 Å². The zero-order chi connectivity index (χ0) is 23.8. The number of benzene rings is 2. The largest absolute Gasteiger partial charge is 0.399 e. The van der Waals surface area contributed by atoms with Crippen molar-refractivity contribution < 1.29 is 14.4 Å². The summed E-state index contributed by atoms with van der Waals surface area (Å²) in [5.74, 6) is -0.439. The Morgan fingerprint density at radius 3 is 2.50 bits per heavy atom. The van der Waals surface area contributed by atoms with Crippen LogP contribution in [0.15, 0.2) is 84.1 Å². The lowest BCUT2D eigenvalue weighted by Crippen LogP contribution is -2.46. The topological polar surface area (TPSA) is 95.9 Å². The quantitative estimate of drug-likeness (QED) is 0.400. The van der Waals surface area contributed by atoms with E-state index in [1.54, 1.807) is 23.2 Å². The number of hydrogen-bond donors (Lipinski definition) is 2. The highest BCUT2D eigenvalue weighted by Gasteiger charge is 2.38. The van der Waals surface area contributed by atoms with Crippen LogP contribution in [0.2, 0.25) is 0 Å². The molecule has 8 nitrogen and oxygen atoms in total. The molecule has 0 bridgehead atoms. The number of pyridine rings is 1. The molecule has 1 aromatic heterocycles. The molecule has 2 N–H and O–H groups in total. The number of rotatable bonds is 8. The lowest BCUT2D eigenvalue weighted by Gasteiger charge is -2.23. The molecule has 1 saturated heterocycles. The Labute approximate surface area is 198 Å². The molecule has 2 amide bonds. The Morgan fingerprint density at radius 1 is 1.03 bits per heavy atom. The van der Waals surface area contributed by atoms with Gasteiger partial charge in [0, 0.05) is 42.5 Å². The van der Waals surface area contributed by atoms with Crippen molar-refractivity contribution in [3.05, 3.63) is 84.6 Å². The Morgan fingerprint density at radius 2 is 1.79 bits per heavy atom. The molecule has 1 aliphatic heterocycles. The molecule has 0 aliphatic carbocycles. The first kappa shape index (κ1) is 23.0. The van der Waals surface area contributed by atoms with Crippen molar-refractivity contribution in [3.63, 3.8) is 0 Å². The number of hydrogen-bond acceptors (Lipinski definition) is 6. The number of likely N-dealkylation sites (tertiary alicyclic amines) is 1. The van der Waals surface area contributed by atoms with Gasteiger partial charge >= 0.3 is 0 Å². The highest BCUT2D eigenvalue weighted by atomic mass is 16.6. The monoisotopic (exact) mass is 457 g/mol. The molecule has 0 saturated carbocycles. The number of nitrogens with one attached hydrogen (secondary N) is 2. The smallest absolute Gasteiger partial charge is 0.254 e. The summed E-state index contributed by atoms with van der Waals surface area (Å²) in [6, 6.07) is 22.1. The van der Waals surface area contributed by atoms with Crippen molar-refractivity contribution in [2.75, 3.05) is 32.1 Å². The van der Waals surface area contributed by atoms with Crippen LogP contribution in [0.25, 0.3) is 11.3 Å². The first-order chi connectivity index (χ1) is 16.7. The van der Waals surface area contributed by atoms with Crippen LogP contribution in [-0.2, 0) is 9.63 Å². The fraction of sp³-hybridized carbons (Fsp3) is 0.231. The second-order valence-electron chi connectivity index (χ2n) is 7.87. The second kappa shape index (κ2) is 11.1. The van der Waals surface area contributed by atoms with E-state index in [4.69, 9.17) is 4.84 Å². The van der Waals surface area contributed by atoms with Gasteiger partial charge in [0.2, 0.25) is 5.91 Å². The highest BCUT2D eigenvalue weighted by molar-refractivity contribution is 6.05. The van der Waals surface area contributed by atoms with E-state index >= 15 is 0 Å². The second-order valence-corrected chi connectivity index (χ2v) is 7.87. The van der Waals surface area contributed by atoms with Gasteiger partial charge in [-0.15, -0.1) is 0 Å². The lowest BCUT2D eigenvalue weighted by atomic mass is 10.1. The normalized spacial score (nSPS) is 16.3. The fourth-order valence-electron chi connectivity index (χ4n) is 3.90. The summed E-state index contributed by atoms with van der Waals surface area (Å²) in [4.78, 5) is 37.0. The molecule has 174 valence electrons. The number of para-hydroxylation sites is 1. The molecule has 4 rings (SSSR count). The van der Waals surface area contributed by atoms with E-state index in [2.05, 4.69) is 20.8 Å². The number of aromatic nitrogens is 1. The van der Waals surface area contributed by atoms with Crippen LogP contribution in [0, 0.1) is 0 Å². The minimum atomic E-state index is -0.645. The molecule has 1 fully saturated rings. The van der Waals surface area contributed by atoms with Crippen LogP contribution in [0.3, 0.4) is 0 Å². The number of carbonyl (C=O) groups excluding carboxylic acids is 2. The zero-order valence-electron chi connectivity index (χ0n) is 19.0. The van der Waals surface area contributed by atoms with Gasteiger partial charge in [0.15, 0.2) is 0 Å². The molecule has 8 heteroatoms. The minimum absolute atomic E-state index is 0.213. The van der Waals surface area contributed by atoms with E-state index in [0.29, 0.717) is 30.8 Å². The van der Waals surface area contributed by atoms with Crippen LogP contribution in [-0.4, -0.2) is 60.2 Å². The molecule has 2 heterocycles. The van der Waals surface area contributed by atoms with Gasteiger partial charge in [-0.1, -0.05) is 41.6 Å². The van der Waals surface area contributed by atoms with E-state index < -0.39 is 6.04 Å². The van der Waals surface area contributed by atoms with Crippen LogP contribution < -0.4 is 10.6 Å². The Hall–Kier alpha value is -4.20. The third-order valence-corrected chi connectivity index (χ3v) is 5.56. The van der Waals surface area contributed by atoms with Crippen molar-refractivity contribution in [1.82, 2.24) is 15.2 Å². The maximum absolute atomic E-state index is 13.3. The molecular formula is C26H27N5O3. The molecule has 3 aromatic rings. The fourth-order valence-corrected chi connectivity index (χ4v) is 3.90. The van der Waals surface area contributed by atoms with Crippen molar-refractivity contribution >= 4 is 23.2 Å². The van der Waals surface area contributed by atoms with Crippen LogP contribution in [0.4, 0.5) is 5.69 Å². The van der Waals surface area contributed by atoms with Gasteiger partial charge < -0.3 is 20.4 Å². The van der Waals surface area contributed by atoms with Crippen molar-refractivity contribution in [3.8, 4) is 11.3 Å². The van der Waals surface area contributed by atoms with Gasteiger partial charge in [0.25, 0.3) is 5.91 Å². The summed E-state index contributed by atoms with van der Waals surface area (Å²) in [7, 11) is 1.46. The minimum Gasteiger partial charge on any atom is -0.399 e. The van der Waals surface area contributed by atoms with Crippen LogP contribution >= 0.6 is 0 Å². The van der Waals surface area contributed by atoms with Crippen molar-refractivity contribution in [1.29, 1.82) is 0 Å². The third-order valence-electron chi connectivity index (χ3n) is 5.56. The van der Waals surface area contributed by atoms with Crippen molar-refractivity contribution in [2.45, 2.75) is 12.5 Å². The van der Waals surface area contributed by atoms with Gasteiger partial charge in [0.05, 0.1) is 18.0 Å². The molecule has 0 spiro atoms. The summed E-state index contributed by atoms with van der Waals surface area (Å²) >= 11 is 0. The van der Waals surface area contributed by atoms with Gasteiger partial charge in [0.1, 0.15) is 13.2 Å².